The fourth-order valence-corrected chi connectivity index (χ4v) is 1.83. The van der Waals surface area contributed by atoms with Crippen molar-refractivity contribution in [3.8, 4) is 17.6 Å². The predicted molar refractivity (Wildman–Crippen MR) is 83.3 cm³/mol. The Hall–Kier alpha value is -3.26. The fourth-order valence-electron chi connectivity index (χ4n) is 1.83. The van der Waals surface area contributed by atoms with Crippen molar-refractivity contribution in [3.05, 3.63) is 59.7 Å². The van der Waals surface area contributed by atoms with Gasteiger partial charge in [0, 0.05) is 5.69 Å². The van der Waals surface area contributed by atoms with E-state index in [0.717, 1.165) is 0 Å². The van der Waals surface area contributed by atoms with E-state index in [-0.39, 0.29) is 11.3 Å². The summed E-state index contributed by atoms with van der Waals surface area (Å²) in [5.41, 5.74) is 1.07. The van der Waals surface area contributed by atoms with E-state index in [0.29, 0.717) is 17.0 Å². The quantitative estimate of drug-likeness (QED) is 0.671. The van der Waals surface area contributed by atoms with Crippen molar-refractivity contribution in [3.63, 3.8) is 0 Å². The summed E-state index contributed by atoms with van der Waals surface area (Å²) < 4.78 is 4.94. The molecule has 0 atom stereocenters. The summed E-state index contributed by atoms with van der Waals surface area (Å²) in [6.45, 7) is 0. The van der Waals surface area contributed by atoms with Crippen LogP contribution in [0.2, 0.25) is 0 Å². The van der Waals surface area contributed by atoms with Gasteiger partial charge in [0.05, 0.1) is 7.11 Å². The zero-order valence-corrected chi connectivity index (χ0v) is 11.9. The molecule has 0 radical (unpaired) electrons. The van der Waals surface area contributed by atoms with Gasteiger partial charge in [-0.2, -0.15) is 5.26 Å². The van der Waals surface area contributed by atoms with E-state index in [1.807, 2.05) is 12.1 Å². The van der Waals surface area contributed by atoms with Crippen molar-refractivity contribution in [2.45, 2.75) is 0 Å². The molecule has 2 aromatic carbocycles. The molecule has 0 aliphatic carbocycles. The number of nitriles is 1. The molecule has 0 aromatic heterocycles. The topological polar surface area (TPSA) is 82.3 Å². The third-order valence-corrected chi connectivity index (χ3v) is 2.91. The number of ether oxygens (including phenoxy) is 1. The van der Waals surface area contributed by atoms with Crippen molar-refractivity contribution in [2.24, 2.45) is 0 Å². The fraction of sp³-hybridized carbons (Fsp3) is 0.0588. The van der Waals surface area contributed by atoms with Gasteiger partial charge >= 0.3 is 0 Å². The highest BCUT2D eigenvalue weighted by Crippen LogP contribution is 2.27. The van der Waals surface area contributed by atoms with E-state index >= 15 is 0 Å². The first-order valence-electron chi connectivity index (χ1n) is 6.49. The predicted octanol–water partition coefficient (Wildman–Crippen LogP) is 2.95. The third kappa shape index (κ3) is 3.64. The van der Waals surface area contributed by atoms with Crippen molar-refractivity contribution < 1.29 is 14.6 Å². The molecular weight excluding hydrogens is 280 g/mol. The molecule has 0 saturated carbocycles. The van der Waals surface area contributed by atoms with Crippen LogP contribution in [0.15, 0.2) is 54.1 Å². The number of para-hydroxylation sites is 1. The Balaban J connectivity index is 2.22. The minimum absolute atomic E-state index is 0.0583. The van der Waals surface area contributed by atoms with Crippen LogP contribution in [0.25, 0.3) is 6.08 Å². The normalized spacial score (nSPS) is 10.6. The van der Waals surface area contributed by atoms with Gasteiger partial charge in [-0.25, -0.2) is 0 Å². The van der Waals surface area contributed by atoms with Crippen LogP contribution < -0.4 is 10.1 Å². The number of amides is 1. The van der Waals surface area contributed by atoms with Crippen LogP contribution in [-0.4, -0.2) is 18.1 Å². The molecule has 0 heterocycles. The number of hydrogen-bond acceptors (Lipinski definition) is 4. The van der Waals surface area contributed by atoms with Crippen LogP contribution in [0.5, 0.6) is 11.5 Å². The molecule has 110 valence electrons. The Labute approximate surface area is 128 Å². The summed E-state index contributed by atoms with van der Waals surface area (Å²) in [6, 6.07) is 15.3. The zero-order chi connectivity index (χ0) is 15.9. The molecule has 0 unspecified atom stereocenters. The molecule has 0 aliphatic rings. The molecule has 22 heavy (non-hydrogen) atoms. The molecule has 2 aromatic rings. The molecule has 0 aliphatic heterocycles. The number of rotatable bonds is 4. The second kappa shape index (κ2) is 6.95. The average molecular weight is 294 g/mol. The van der Waals surface area contributed by atoms with E-state index in [1.165, 1.54) is 19.3 Å². The van der Waals surface area contributed by atoms with Gasteiger partial charge in [-0.3, -0.25) is 4.79 Å². The largest absolute Gasteiger partial charge is 0.504 e. The van der Waals surface area contributed by atoms with Crippen molar-refractivity contribution in [2.75, 3.05) is 12.4 Å². The second-order valence-electron chi connectivity index (χ2n) is 4.42. The van der Waals surface area contributed by atoms with Crippen LogP contribution >= 0.6 is 0 Å². The summed E-state index contributed by atoms with van der Waals surface area (Å²) >= 11 is 0. The van der Waals surface area contributed by atoms with Gasteiger partial charge in [0.25, 0.3) is 5.91 Å². The number of phenolic OH excluding ortho intramolecular Hbond substituents is 1. The molecule has 5 nitrogen and oxygen atoms in total. The highest BCUT2D eigenvalue weighted by Gasteiger charge is 2.10. The zero-order valence-electron chi connectivity index (χ0n) is 11.9. The first-order chi connectivity index (χ1) is 10.6. The molecule has 2 N–H and O–H groups in total. The molecule has 0 fully saturated rings. The number of anilines is 1. The van der Waals surface area contributed by atoms with E-state index in [4.69, 9.17) is 10.00 Å². The lowest BCUT2D eigenvalue weighted by Crippen LogP contribution is -2.13. The minimum Gasteiger partial charge on any atom is -0.504 e. The van der Waals surface area contributed by atoms with Crippen LogP contribution in [0.1, 0.15) is 5.56 Å². The Morgan fingerprint density at radius 3 is 2.59 bits per heavy atom. The van der Waals surface area contributed by atoms with Gasteiger partial charge in [-0.15, -0.1) is 0 Å². The van der Waals surface area contributed by atoms with Gasteiger partial charge in [0.15, 0.2) is 11.5 Å². The summed E-state index contributed by atoms with van der Waals surface area (Å²) in [6.07, 6.45) is 1.40. The third-order valence-electron chi connectivity index (χ3n) is 2.91. The van der Waals surface area contributed by atoms with E-state index < -0.39 is 5.91 Å². The maximum atomic E-state index is 12.1. The summed E-state index contributed by atoms with van der Waals surface area (Å²) in [7, 11) is 1.44. The summed E-state index contributed by atoms with van der Waals surface area (Å²) in [4.78, 5) is 12.1. The van der Waals surface area contributed by atoms with Crippen LogP contribution in [-0.2, 0) is 4.79 Å². The lowest BCUT2D eigenvalue weighted by Gasteiger charge is -2.05. The lowest BCUT2D eigenvalue weighted by atomic mass is 10.1. The Kier molecular flexibility index (Phi) is 4.78. The number of nitrogens with one attached hydrogen (secondary N) is 1. The smallest absolute Gasteiger partial charge is 0.266 e. The van der Waals surface area contributed by atoms with Crippen LogP contribution in [0, 0.1) is 11.3 Å². The van der Waals surface area contributed by atoms with Gasteiger partial charge in [-0.1, -0.05) is 24.3 Å². The number of carbonyl (C=O) groups excluding carboxylic acids is 1. The Morgan fingerprint density at radius 2 is 2.00 bits per heavy atom. The van der Waals surface area contributed by atoms with E-state index in [2.05, 4.69) is 5.32 Å². The number of methoxy groups -OCH3 is 1. The monoisotopic (exact) mass is 294 g/mol. The molecule has 5 heteroatoms. The van der Waals surface area contributed by atoms with E-state index in [9.17, 15) is 9.90 Å². The number of hydrogen-bond donors (Lipinski definition) is 2. The molecule has 2 rings (SSSR count). The van der Waals surface area contributed by atoms with Crippen LogP contribution in [0.3, 0.4) is 0 Å². The van der Waals surface area contributed by atoms with Crippen LogP contribution in [0.4, 0.5) is 5.69 Å². The maximum Gasteiger partial charge on any atom is 0.266 e. The second-order valence-corrected chi connectivity index (χ2v) is 4.42. The Morgan fingerprint density at radius 1 is 1.27 bits per heavy atom. The number of benzene rings is 2. The van der Waals surface area contributed by atoms with Gasteiger partial charge in [-0.05, 0) is 35.9 Å². The molecule has 0 bridgehead atoms. The minimum atomic E-state index is -0.510. The van der Waals surface area contributed by atoms with Gasteiger partial charge < -0.3 is 15.2 Å². The molecule has 0 spiro atoms. The lowest BCUT2D eigenvalue weighted by molar-refractivity contribution is -0.112. The highest BCUT2D eigenvalue weighted by molar-refractivity contribution is 6.09. The van der Waals surface area contributed by atoms with Crippen molar-refractivity contribution in [1.29, 1.82) is 5.26 Å². The first-order valence-corrected chi connectivity index (χ1v) is 6.49. The van der Waals surface area contributed by atoms with E-state index in [1.54, 1.807) is 36.4 Å². The molecular formula is C17H14N2O3. The maximum absolute atomic E-state index is 12.1. The van der Waals surface area contributed by atoms with Crippen molar-refractivity contribution >= 4 is 17.7 Å². The molecule has 1 amide bonds. The average Bonchev–Trinajstić information content (AvgIpc) is 2.53. The highest BCUT2D eigenvalue weighted by atomic mass is 16.5. The number of nitrogens with zero attached hydrogens (tertiary/aromatic N) is 1. The summed E-state index contributed by atoms with van der Waals surface area (Å²) in [5, 5.41) is 21.5. The summed E-state index contributed by atoms with van der Waals surface area (Å²) in [5.74, 6) is -0.245. The first kappa shape index (κ1) is 15.1. The molecule has 0 saturated heterocycles. The SMILES string of the molecule is COc1ccc(C=C(C#N)C(=O)Nc2ccccc2)cc1O. The van der Waals surface area contributed by atoms with Gasteiger partial charge in [0.2, 0.25) is 0 Å². The number of aromatic hydroxyl groups is 1. The van der Waals surface area contributed by atoms with Gasteiger partial charge in [0.1, 0.15) is 11.6 Å². The number of phenols is 1. The number of carbonyl (C=O) groups is 1. The van der Waals surface area contributed by atoms with Crippen molar-refractivity contribution in [1.82, 2.24) is 0 Å². The standard InChI is InChI=1S/C17H14N2O3/c1-22-16-8-7-12(10-15(16)20)9-13(11-18)17(21)19-14-5-3-2-4-6-14/h2-10,20H,1H3,(H,19,21). The Bertz CT molecular complexity index is 746.